The summed E-state index contributed by atoms with van der Waals surface area (Å²) < 4.78 is 1.01. The molecule has 0 saturated carbocycles. The highest BCUT2D eigenvalue weighted by Crippen LogP contribution is 2.26. The maximum absolute atomic E-state index is 4.59. The molecule has 18 heavy (non-hydrogen) atoms. The molecule has 1 aromatic carbocycles. The highest BCUT2D eigenvalue weighted by Gasteiger charge is 2.11. The number of aryl methyl sites for hydroxylation is 1. The zero-order valence-electron chi connectivity index (χ0n) is 10.7. The molecule has 2 aromatic rings. The van der Waals surface area contributed by atoms with Gasteiger partial charge in [0.05, 0.1) is 0 Å². The van der Waals surface area contributed by atoms with E-state index in [1.807, 2.05) is 44.4 Å². The summed E-state index contributed by atoms with van der Waals surface area (Å²) in [6.07, 6.45) is 1.90. The van der Waals surface area contributed by atoms with Crippen LogP contribution in [0.3, 0.4) is 0 Å². The van der Waals surface area contributed by atoms with Crippen LogP contribution in [0.15, 0.2) is 34.9 Å². The second-order valence-corrected chi connectivity index (χ2v) is 5.08. The first-order valence-electron chi connectivity index (χ1n) is 5.89. The Labute approximate surface area is 116 Å². The van der Waals surface area contributed by atoms with E-state index in [0.29, 0.717) is 0 Å². The molecule has 4 heteroatoms. The fourth-order valence-electron chi connectivity index (χ4n) is 1.83. The molecule has 0 bridgehead atoms. The van der Waals surface area contributed by atoms with Crippen LogP contribution < -0.4 is 5.32 Å². The van der Waals surface area contributed by atoms with Gasteiger partial charge in [-0.15, -0.1) is 0 Å². The Morgan fingerprint density at radius 3 is 2.61 bits per heavy atom. The van der Waals surface area contributed by atoms with Crippen LogP contribution in [-0.2, 0) is 0 Å². The number of hydrogen-bond acceptors (Lipinski definition) is 3. The maximum Gasteiger partial charge on any atom is 0.160 e. The van der Waals surface area contributed by atoms with E-state index in [1.165, 1.54) is 0 Å². The van der Waals surface area contributed by atoms with Crippen LogP contribution in [0.1, 0.15) is 24.2 Å². The van der Waals surface area contributed by atoms with E-state index >= 15 is 0 Å². The standard InChI is InChI=1S/C14H16BrN3/c1-9(16-3)12-8-17-14(18-10(12)2)11-6-4-5-7-13(11)15/h4-9,16H,1-3H3. The molecule has 0 aliphatic rings. The van der Waals surface area contributed by atoms with Gasteiger partial charge < -0.3 is 5.32 Å². The first-order chi connectivity index (χ1) is 8.63. The first kappa shape index (κ1) is 13.2. The van der Waals surface area contributed by atoms with E-state index in [-0.39, 0.29) is 6.04 Å². The van der Waals surface area contributed by atoms with Crippen LogP contribution >= 0.6 is 15.9 Å². The lowest BCUT2D eigenvalue weighted by atomic mass is 10.1. The average Bonchev–Trinajstić information content (AvgIpc) is 2.38. The lowest BCUT2D eigenvalue weighted by Gasteiger charge is -2.13. The molecule has 0 aliphatic heterocycles. The summed E-state index contributed by atoms with van der Waals surface area (Å²) in [6.45, 7) is 4.12. The van der Waals surface area contributed by atoms with E-state index in [4.69, 9.17) is 0 Å². The van der Waals surface area contributed by atoms with E-state index in [0.717, 1.165) is 27.1 Å². The summed E-state index contributed by atoms with van der Waals surface area (Å²) >= 11 is 3.53. The zero-order valence-corrected chi connectivity index (χ0v) is 12.3. The van der Waals surface area contributed by atoms with Crippen molar-refractivity contribution in [3.05, 3.63) is 46.2 Å². The van der Waals surface area contributed by atoms with Crippen molar-refractivity contribution >= 4 is 15.9 Å². The van der Waals surface area contributed by atoms with Gasteiger partial charge in [-0.3, -0.25) is 0 Å². The lowest BCUT2D eigenvalue weighted by molar-refractivity contribution is 0.641. The predicted molar refractivity (Wildman–Crippen MR) is 77.4 cm³/mol. The van der Waals surface area contributed by atoms with Crippen molar-refractivity contribution < 1.29 is 0 Å². The average molecular weight is 306 g/mol. The van der Waals surface area contributed by atoms with Crippen LogP contribution in [0.2, 0.25) is 0 Å². The molecule has 2 rings (SSSR count). The van der Waals surface area contributed by atoms with Crippen LogP contribution in [0, 0.1) is 6.92 Å². The summed E-state index contributed by atoms with van der Waals surface area (Å²) in [6, 6.07) is 8.25. The maximum atomic E-state index is 4.59. The Kier molecular flexibility index (Phi) is 4.09. The van der Waals surface area contributed by atoms with Gasteiger partial charge in [0, 0.05) is 33.5 Å². The third-order valence-corrected chi connectivity index (χ3v) is 3.72. The minimum Gasteiger partial charge on any atom is -0.313 e. The van der Waals surface area contributed by atoms with Crippen molar-refractivity contribution in [2.24, 2.45) is 0 Å². The fourth-order valence-corrected chi connectivity index (χ4v) is 2.29. The molecule has 0 fully saturated rings. The third kappa shape index (κ3) is 2.60. The topological polar surface area (TPSA) is 37.8 Å². The first-order valence-corrected chi connectivity index (χ1v) is 6.68. The number of nitrogens with zero attached hydrogens (tertiary/aromatic N) is 2. The zero-order chi connectivity index (χ0) is 13.1. The molecule has 0 aliphatic carbocycles. The van der Waals surface area contributed by atoms with Gasteiger partial charge in [0.2, 0.25) is 0 Å². The second kappa shape index (κ2) is 5.59. The monoisotopic (exact) mass is 305 g/mol. The number of rotatable bonds is 3. The smallest absolute Gasteiger partial charge is 0.160 e. The van der Waals surface area contributed by atoms with Crippen molar-refractivity contribution in [2.45, 2.75) is 19.9 Å². The molecule has 1 heterocycles. The molecule has 0 radical (unpaired) electrons. The summed E-state index contributed by atoms with van der Waals surface area (Å²) in [5, 5.41) is 3.20. The minimum atomic E-state index is 0.262. The molecule has 1 aromatic heterocycles. The van der Waals surface area contributed by atoms with Crippen LogP contribution in [0.4, 0.5) is 0 Å². The summed E-state index contributed by atoms with van der Waals surface area (Å²) in [7, 11) is 1.94. The molecule has 94 valence electrons. The number of aromatic nitrogens is 2. The number of halogens is 1. The molecule has 1 N–H and O–H groups in total. The van der Waals surface area contributed by atoms with Gasteiger partial charge >= 0.3 is 0 Å². The molecular weight excluding hydrogens is 290 g/mol. The molecule has 1 unspecified atom stereocenters. The van der Waals surface area contributed by atoms with Gasteiger partial charge in [-0.1, -0.05) is 34.1 Å². The van der Waals surface area contributed by atoms with Crippen LogP contribution in [-0.4, -0.2) is 17.0 Å². The van der Waals surface area contributed by atoms with E-state index in [2.05, 4.69) is 38.1 Å². The summed E-state index contributed by atoms with van der Waals surface area (Å²) in [4.78, 5) is 9.05. The SMILES string of the molecule is CNC(C)c1cnc(-c2ccccc2Br)nc1C. The Balaban J connectivity index is 2.44. The quantitative estimate of drug-likeness (QED) is 0.943. The van der Waals surface area contributed by atoms with Crippen molar-refractivity contribution in [1.29, 1.82) is 0 Å². The molecule has 0 saturated heterocycles. The second-order valence-electron chi connectivity index (χ2n) is 4.22. The van der Waals surface area contributed by atoms with E-state index in [9.17, 15) is 0 Å². The third-order valence-electron chi connectivity index (χ3n) is 3.03. The van der Waals surface area contributed by atoms with Gasteiger partial charge in [0.15, 0.2) is 5.82 Å². The van der Waals surface area contributed by atoms with Crippen molar-refractivity contribution in [3.8, 4) is 11.4 Å². The lowest BCUT2D eigenvalue weighted by Crippen LogP contribution is -2.14. The van der Waals surface area contributed by atoms with Gasteiger partial charge in [-0.2, -0.15) is 0 Å². The Morgan fingerprint density at radius 2 is 2.00 bits per heavy atom. The van der Waals surface area contributed by atoms with E-state index in [1.54, 1.807) is 0 Å². The van der Waals surface area contributed by atoms with Gasteiger partial charge in [0.1, 0.15) is 0 Å². The largest absolute Gasteiger partial charge is 0.313 e. The summed E-state index contributed by atoms with van der Waals surface area (Å²) in [5.41, 5.74) is 3.16. The molecule has 3 nitrogen and oxygen atoms in total. The van der Waals surface area contributed by atoms with Crippen molar-refractivity contribution in [3.63, 3.8) is 0 Å². The molecule has 0 amide bonds. The number of benzene rings is 1. The Hall–Kier alpha value is -1.26. The number of hydrogen-bond donors (Lipinski definition) is 1. The molecular formula is C14H16BrN3. The molecule has 1 atom stereocenters. The van der Waals surface area contributed by atoms with Gasteiger partial charge in [-0.05, 0) is 27.0 Å². The van der Waals surface area contributed by atoms with Gasteiger partial charge in [0.25, 0.3) is 0 Å². The highest BCUT2D eigenvalue weighted by molar-refractivity contribution is 9.10. The minimum absolute atomic E-state index is 0.262. The van der Waals surface area contributed by atoms with Crippen molar-refractivity contribution in [1.82, 2.24) is 15.3 Å². The van der Waals surface area contributed by atoms with Crippen LogP contribution in [0.25, 0.3) is 11.4 Å². The summed E-state index contributed by atoms with van der Waals surface area (Å²) in [5.74, 6) is 0.757. The normalized spacial score (nSPS) is 12.4. The van der Waals surface area contributed by atoms with E-state index < -0.39 is 0 Å². The molecule has 0 spiro atoms. The van der Waals surface area contributed by atoms with Crippen LogP contribution in [0.5, 0.6) is 0 Å². The highest BCUT2D eigenvalue weighted by atomic mass is 79.9. The van der Waals surface area contributed by atoms with Crippen molar-refractivity contribution in [2.75, 3.05) is 7.05 Å². The predicted octanol–water partition coefficient (Wildman–Crippen LogP) is 3.49. The fraction of sp³-hybridized carbons (Fsp3) is 0.286. The Bertz CT molecular complexity index is 554. The number of nitrogens with one attached hydrogen (secondary N) is 1. The Morgan fingerprint density at radius 1 is 1.28 bits per heavy atom. The van der Waals surface area contributed by atoms with Gasteiger partial charge in [-0.25, -0.2) is 9.97 Å².